The molecule has 124 valence electrons. The SMILES string of the molecule is OCCN1CCN(c2nc3ccccc3nc2C(F)(F)F)CC1. The summed E-state index contributed by atoms with van der Waals surface area (Å²) in [7, 11) is 0. The Kier molecular flexibility index (Phi) is 4.36. The van der Waals surface area contributed by atoms with E-state index in [1.807, 2.05) is 4.90 Å². The van der Waals surface area contributed by atoms with Crippen molar-refractivity contribution in [2.45, 2.75) is 6.18 Å². The number of benzene rings is 1. The monoisotopic (exact) mass is 326 g/mol. The zero-order valence-corrected chi connectivity index (χ0v) is 12.4. The average molecular weight is 326 g/mol. The summed E-state index contributed by atoms with van der Waals surface area (Å²) in [6.45, 7) is 2.61. The van der Waals surface area contributed by atoms with Crippen LogP contribution in [0, 0.1) is 0 Å². The molecule has 1 saturated heterocycles. The summed E-state index contributed by atoms with van der Waals surface area (Å²) in [4.78, 5) is 11.6. The number of hydrogen-bond acceptors (Lipinski definition) is 5. The number of para-hydroxylation sites is 2. The van der Waals surface area contributed by atoms with Crippen LogP contribution >= 0.6 is 0 Å². The number of aliphatic hydroxyl groups is 1. The summed E-state index contributed by atoms with van der Waals surface area (Å²) in [5, 5.41) is 8.94. The highest BCUT2D eigenvalue weighted by atomic mass is 19.4. The normalized spacial score (nSPS) is 17.0. The lowest BCUT2D eigenvalue weighted by Gasteiger charge is -2.35. The maximum atomic E-state index is 13.4. The van der Waals surface area contributed by atoms with Gasteiger partial charge in [0.05, 0.1) is 17.6 Å². The van der Waals surface area contributed by atoms with E-state index in [-0.39, 0.29) is 17.9 Å². The van der Waals surface area contributed by atoms with Crippen molar-refractivity contribution in [3.63, 3.8) is 0 Å². The van der Waals surface area contributed by atoms with E-state index in [2.05, 4.69) is 9.97 Å². The lowest BCUT2D eigenvalue weighted by atomic mass is 10.2. The van der Waals surface area contributed by atoms with Gasteiger partial charge >= 0.3 is 6.18 Å². The van der Waals surface area contributed by atoms with E-state index < -0.39 is 11.9 Å². The van der Waals surface area contributed by atoms with Crippen LogP contribution in [0.4, 0.5) is 19.0 Å². The molecule has 1 N–H and O–H groups in total. The Morgan fingerprint density at radius 1 is 1.00 bits per heavy atom. The molecule has 0 amide bonds. The highest BCUT2D eigenvalue weighted by molar-refractivity contribution is 5.76. The first kappa shape index (κ1) is 15.9. The molecule has 2 heterocycles. The summed E-state index contributed by atoms with van der Waals surface area (Å²) in [5.74, 6) is -0.111. The minimum atomic E-state index is -4.55. The van der Waals surface area contributed by atoms with Crippen LogP contribution in [-0.2, 0) is 6.18 Å². The predicted octanol–water partition coefficient (Wildman–Crippen LogP) is 1.76. The van der Waals surface area contributed by atoms with Crippen LogP contribution in [0.3, 0.4) is 0 Å². The number of alkyl halides is 3. The van der Waals surface area contributed by atoms with E-state index in [9.17, 15) is 13.2 Å². The minimum absolute atomic E-state index is 0.0452. The molecule has 1 aromatic carbocycles. The molecule has 3 rings (SSSR count). The van der Waals surface area contributed by atoms with Gasteiger partial charge < -0.3 is 10.0 Å². The third-order valence-electron chi connectivity index (χ3n) is 3.91. The molecule has 2 aromatic rings. The van der Waals surface area contributed by atoms with Crippen molar-refractivity contribution >= 4 is 16.9 Å². The van der Waals surface area contributed by atoms with Crippen LogP contribution in [0.25, 0.3) is 11.0 Å². The molecule has 0 spiro atoms. The van der Waals surface area contributed by atoms with Crippen LogP contribution in [0.2, 0.25) is 0 Å². The molecule has 0 radical (unpaired) electrons. The number of piperazine rings is 1. The van der Waals surface area contributed by atoms with Crippen molar-refractivity contribution in [1.82, 2.24) is 14.9 Å². The van der Waals surface area contributed by atoms with Crippen molar-refractivity contribution in [1.29, 1.82) is 0 Å². The zero-order valence-electron chi connectivity index (χ0n) is 12.4. The van der Waals surface area contributed by atoms with E-state index in [1.165, 1.54) is 6.07 Å². The molecule has 0 saturated carbocycles. The van der Waals surface area contributed by atoms with Crippen LogP contribution in [0.5, 0.6) is 0 Å². The molecule has 23 heavy (non-hydrogen) atoms. The number of rotatable bonds is 3. The van der Waals surface area contributed by atoms with Gasteiger partial charge in [0.25, 0.3) is 0 Å². The molecule has 5 nitrogen and oxygen atoms in total. The molecular formula is C15H17F3N4O. The summed E-state index contributed by atoms with van der Waals surface area (Å²) in [6, 6.07) is 6.56. The van der Waals surface area contributed by atoms with Crippen LogP contribution < -0.4 is 4.90 Å². The number of aromatic nitrogens is 2. The summed E-state index contributed by atoms with van der Waals surface area (Å²) in [6.07, 6.45) is -4.55. The largest absolute Gasteiger partial charge is 0.437 e. The highest BCUT2D eigenvalue weighted by Gasteiger charge is 2.39. The summed E-state index contributed by atoms with van der Waals surface area (Å²) < 4.78 is 40.1. The van der Waals surface area contributed by atoms with Gasteiger partial charge in [-0.15, -0.1) is 0 Å². The van der Waals surface area contributed by atoms with Gasteiger partial charge in [-0.3, -0.25) is 4.90 Å². The molecule has 0 atom stereocenters. The van der Waals surface area contributed by atoms with Crippen molar-refractivity contribution < 1.29 is 18.3 Å². The second kappa shape index (κ2) is 6.29. The van der Waals surface area contributed by atoms with Gasteiger partial charge in [-0.1, -0.05) is 12.1 Å². The first-order valence-corrected chi connectivity index (χ1v) is 7.41. The molecule has 1 fully saturated rings. The smallest absolute Gasteiger partial charge is 0.395 e. The second-order valence-corrected chi connectivity index (χ2v) is 5.43. The summed E-state index contributed by atoms with van der Waals surface area (Å²) in [5.41, 5.74) is -0.248. The third-order valence-corrected chi connectivity index (χ3v) is 3.91. The molecule has 0 bridgehead atoms. The predicted molar refractivity (Wildman–Crippen MR) is 80.3 cm³/mol. The van der Waals surface area contributed by atoms with E-state index in [0.717, 1.165) is 0 Å². The van der Waals surface area contributed by atoms with Crippen molar-refractivity contribution in [3.05, 3.63) is 30.0 Å². The fourth-order valence-corrected chi connectivity index (χ4v) is 2.73. The topological polar surface area (TPSA) is 52.5 Å². The van der Waals surface area contributed by atoms with Gasteiger partial charge in [0, 0.05) is 32.7 Å². The molecule has 8 heteroatoms. The quantitative estimate of drug-likeness (QED) is 0.931. The van der Waals surface area contributed by atoms with Crippen molar-refractivity contribution in [2.75, 3.05) is 44.2 Å². The maximum Gasteiger partial charge on any atom is 0.437 e. The molecule has 1 aliphatic heterocycles. The standard InChI is InChI=1S/C15H17F3N4O/c16-15(17,18)13-14(20-12-4-2-1-3-11(12)19-13)22-7-5-21(6-8-22)9-10-23/h1-4,23H,5-10H2. The number of nitrogens with zero attached hydrogens (tertiary/aromatic N) is 4. The number of fused-ring (bicyclic) bond motifs is 1. The molecule has 1 aromatic heterocycles. The van der Waals surface area contributed by atoms with Crippen molar-refractivity contribution in [3.8, 4) is 0 Å². The van der Waals surface area contributed by atoms with Crippen LogP contribution in [0.15, 0.2) is 24.3 Å². The van der Waals surface area contributed by atoms with Gasteiger partial charge in [0.1, 0.15) is 0 Å². The molecule has 0 aliphatic carbocycles. The van der Waals surface area contributed by atoms with Gasteiger partial charge in [0.15, 0.2) is 11.5 Å². The Morgan fingerprint density at radius 2 is 1.61 bits per heavy atom. The molecular weight excluding hydrogens is 309 g/mol. The van der Waals surface area contributed by atoms with Gasteiger partial charge in [-0.05, 0) is 12.1 Å². The second-order valence-electron chi connectivity index (χ2n) is 5.43. The summed E-state index contributed by atoms with van der Waals surface area (Å²) >= 11 is 0. The first-order valence-electron chi connectivity index (χ1n) is 7.41. The van der Waals surface area contributed by atoms with E-state index in [4.69, 9.17) is 5.11 Å². The van der Waals surface area contributed by atoms with E-state index >= 15 is 0 Å². The molecule has 0 unspecified atom stereocenters. The number of β-amino-alcohol motifs (C(OH)–C–C–N with tert-alkyl or cyclic N) is 1. The highest BCUT2D eigenvalue weighted by Crippen LogP contribution is 2.35. The Morgan fingerprint density at radius 3 is 2.17 bits per heavy atom. The lowest BCUT2D eigenvalue weighted by Crippen LogP contribution is -2.48. The van der Waals surface area contributed by atoms with E-state index in [1.54, 1.807) is 23.1 Å². The van der Waals surface area contributed by atoms with Gasteiger partial charge in [0.2, 0.25) is 0 Å². The number of anilines is 1. The average Bonchev–Trinajstić information content (AvgIpc) is 2.54. The Labute approximate surface area is 131 Å². The Bertz CT molecular complexity index is 684. The first-order chi connectivity index (χ1) is 11.0. The molecule has 1 aliphatic rings. The Balaban J connectivity index is 1.96. The Hall–Kier alpha value is -1.93. The number of hydrogen-bond donors (Lipinski definition) is 1. The number of aliphatic hydroxyl groups excluding tert-OH is 1. The zero-order chi connectivity index (χ0) is 16.4. The van der Waals surface area contributed by atoms with Crippen molar-refractivity contribution in [2.24, 2.45) is 0 Å². The van der Waals surface area contributed by atoms with Crippen LogP contribution in [-0.4, -0.2) is 59.3 Å². The number of halogens is 3. The van der Waals surface area contributed by atoms with Crippen LogP contribution in [0.1, 0.15) is 5.69 Å². The lowest BCUT2D eigenvalue weighted by molar-refractivity contribution is -0.140. The minimum Gasteiger partial charge on any atom is -0.395 e. The fraction of sp³-hybridized carbons (Fsp3) is 0.467. The fourth-order valence-electron chi connectivity index (χ4n) is 2.73. The van der Waals surface area contributed by atoms with Gasteiger partial charge in [-0.2, -0.15) is 13.2 Å². The van der Waals surface area contributed by atoms with E-state index in [0.29, 0.717) is 38.2 Å². The maximum absolute atomic E-state index is 13.4. The van der Waals surface area contributed by atoms with Gasteiger partial charge in [-0.25, -0.2) is 9.97 Å². The third kappa shape index (κ3) is 3.37.